The summed E-state index contributed by atoms with van der Waals surface area (Å²) >= 11 is 5.28. The Kier molecular flexibility index (Phi) is 7.86. The summed E-state index contributed by atoms with van der Waals surface area (Å²) in [6.07, 6.45) is 0.304. The van der Waals surface area contributed by atoms with Gasteiger partial charge in [0, 0.05) is 28.3 Å². The summed E-state index contributed by atoms with van der Waals surface area (Å²) in [5, 5.41) is 0.0636. The van der Waals surface area contributed by atoms with Gasteiger partial charge in [0.1, 0.15) is 11.9 Å². The van der Waals surface area contributed by atoms with Crippen molar-refractivity contribution in [1.29, 1.82) is 0 Å². The molecule has 1 aliphatic rings. The molecule has 1 saturated heterocycles. The zero-order chi connectivity index (χ0) is 22.5. The van der Waals surface area contributed by atoms with E-state index in [1.54, 1.807) is 0 Å². The van der Waals surface area contributed by atoms with Crippen LogP contribution in [0.2, 0.25) is 0 Å². The normalized spacial score (nSPS) is 19.2. The van der Waals surface area contributed by atoms with Gasteiger partial charge in [-0.05, 0) is 58.4 Å². The van der Waals surface area contributed by atoms with Crippen LogP contribution in [0.5, 0.6) is 5.75 Å². The third-order valence-corrected chi connectivity index (χ3v) is 6.99. The second-order valence-electron chi connectivity index (χ2n) is 8.58. The van der Waals surface area contributed by atoms with E-state index in [0.29, 0.717) is 31.1 Å². The Morgan fingerprint density at radius 1 is 1.10 bits per heavy atom. The number of ether oxygens (including phenoxy) is 4. The Hall–Kier alpha value is -1.80. The first-order chi connectivity index (χ1) is 14.7. The second-order valence-corrected chi connectivity index (χ2v) is 10.4. The summed E-state index contributed by atoms with van der Waals surface area (Å²) in [7, 11) is -1.19. The average molecular weight is 463 g/mol. The largest absolute Gasteiger partial charge is 0.454 e. The maximum atomic E-state index is 13.1. The minimum Gasteiger partial charge on any atom is -0.454 e. The van der Waals surface area contributed by atoms with E-state index in [2.05, 4.69) is 0 Å². The van der Waals surface area contributed by atoms with Gasteiger partial charge >= 0.3 is 5.24 Å². The molecule has 0 aromatic heterocycles. The van der Waals surface area contributed by atoms with Gasteiger partial charge in [0.15, 0.2) is 5.79 Å². The molecule has 5 nitrogen and oxygen atoms in total. The number of aryl methyl sites for hydroxylation is 1. The third kappa shape index (κ3) is 7.10. The summed E-state index contributed by atoms with van der Waals surface area (Å²) in [6.45, 7) is 8.56. The quantitative estimate of drug-likeness (QED) is 0.538. The van der Waals surface area contributed by atoms with Crippen LogP contribution in [0, 0.1) is 12.3 Å². The molecule has 0 amide bonds. The van der Waals surface area contributed by atoms with Crippen molar-refractivity contribution >= 4 is 28.3 Å². The lowest BCUT2D eigenvalue weighted by Crippen LogP contribution is -2.50. The monoisotopic (exact) mass is 462 g/mol. The van der Waals surface area contributed by atoms with Crippen LogP contribution in [0.25, 0.3) is 0 Å². The molecule has 2 aromatic carbocycles. The van der Waals surface area contributed by atoms with Gasteiger partial charge in [0.05, 0.1) is 24.0 Å². The van der Waals surface area contributed by atoms with Gasteiger partial charge in [0.25, 0.3) is 0 Å². The number of hydrogen-bond donors (Lipinski definition) is 0. The van der Waals surface area contributed by atoms with E-state index in [-0.39, 0.29) is 11.3 Å². The predicted octanol–water partition coefficient (Wildman–Crippen LogP) is 5.03. The number of benzene rings is 2. The lowest BCUT2D eigenvalue weighted by molar-refractivity contribution is -0.284. The van der Waals surface area contributed by atoms with Crippen LogP contribution in [0.3, 0.4) is 0 Å². The molecule has 0 saturated carbocycles. The van der Waals surface area contributed by atoms with E-state index in [1.807, 2.05) is 82.3 Å². The maximum Gasteiger partial charge on any atom is 0.358 e. The van der Waals surface area contributed by atoms with E-state index in [0.717, 1.165) is 10.5 Å². The molecule has 3 rings (SSSR count). The molecule has 0 spiro atoms. The first-order valence-electron chi connectivity index (χ1n) is 10.3. The average Bonchev–Trinajstić information content (AvgIpc) is 2.72. The fourth-order valence-corrected chi connectivity index (χ4v) is 5.20. The summed E-state index contributed by atoms with van der Waals surface area (Å²) in [6, 6.07) is 17.1. The van der Waals surface area contributed by atoms with Crippen molar-refractivity contribution in [3.63, 3.8) is 0 Å². The topological polar surface area (TPSA) is 54.0 Å². The molecule has 0 aliphatic carbocycles. The SMILES string of the molecule is Cc1ccc(OC(=S)OC(C)CC2(CS(=O)c3ccccc3)COC(C)(C)OC2)cc1. The summed E-state index contributed by atoms with van der Waals surface area (Å²) < 4.78 is 36.5. The lowest BCUT2D eigenvalue weighted by atomic mass is 9.85. The lowest BCUT2D eigenvalue weighted by Gasteiger charge is -2.44. The van der Waals surface area contributed by atoms with Crippen LogP contribution in [0.15, 0.2) is 59.5 Å². The molecule has 1 fully saturated rings. The van der Waals surface area contributed by atoms with E-state index in [9.17, 15) is 4.21 Å². The summed E-state index contributed by atoms with van der Waals surface area (Å²) in [5.41, 5.74) is 0.677. The van der Waals surface area contributed by atoms with Crippen molar-refractivity contribution in [3.05, 3.63) is 60.2 Å². The Bertz CT molecular complexity index is 886. The molecular weight excluding hydrogens is 432 g/mol. The van der Waals surface area contributed by atoms with Crippen molar-refractivity contribution in [1.82, 2.24) is 0 Å². The van der Waals surface area contributed by atoms with Crippen LogP contribution in [-0.4, -0.2) is 40.3 Å². The molecule has 0 N–H and O–H groups in total. The fourth-order valence-electron chi connectivity index (χ4n) is 3.47. The standard InChI is InChI=1S/C24H30O5S2/c1-18-10-12-20(13-11-18)29-22(30)28-19(2)14-24(15-26-23(3,4)27-16-24)17-31(25)21-8-6-5-7-9-21/h5-13,19H,14-17H2,1-4H3. The molecule has 1 heterocycles. The highest BCUT2D eigenvalue weighted by atomic mass is 32.2. The molecule has 7 heteroatoms. The van der Waals surface area contributed by atoms with Gasteiger partial charge in [-0.15, -0.1) is 0 Å². The molecule has 2 unspecified atom stereocenters. The van der Waals surface area contributed by atoms with Crippen LogP contribution in [0.4, 0.5) is 0 Å². The van der Waals surface area contributed by atoms with Gasteiger partial charge in [-0.3, -0.25) is 4.21 Å². The van der Waals surface area contributed by atoms with Crippen LogP contribution in [-0.2, 0) is 25.0 Å². The van der Waals surface area contributed by atoms with Crippen molar-refractivity contribution in [3.8, 4) is 5.75 Å². The van der Waals surface area contributed by atoms with E-state index in [4.69, 9.17) is 31.2 Å². The Morgan fingerprint density at radius 2 is 1.71 bits per heavy atom. The van der Waals surface area contributed by atoms with Crippen molar-refractivity contribution < 1.29 is 23.2 Å². The van der Waals surface area contributed by atoms with E-state index >= 15 is 0 Å². The molecule has 168 valence electrons. The molecule has 2 aromatic rings. The van der Waals surface area contributed by atoms with E-state index < -0.39 is 22.0 Å². The predicted molar refractivity (Wildman–Crippen MR) is 126 cm³/mol. The zero-order valence-corrected chi connectivity index (χ0v) is 20.1. The fraction of sp³-hybridized carbons (Fsp3) is 0.458. The first kappa shape index (κ1) is 23.9. The summed E-state index contributed by atoms with van der Waals surface area (Å²) in [4.78, 5) is 0.790. The Labute approximate surface area is 192 Å². The van der Waals surface area contributed by atoms with E-state index in [1.165, 1.54) is 0 Å². The highest BCUT2D eigenvalue weighted by Crippen LogP contribution is 2.36. The van der Waals surface area contributed by atoms with Crippen LogP contribution in [0.1, 0.15) is 32.8 Å². The Morgan fingerprint density at radius 3 is 2.32 bits per heavy atom. The van der Waals surface area contributed by atoms with Crippen molar-refractivity contribution in [2.24, 2.45) is 5.41 Å². The zero-order valence-electron chi connectivity index (χ0n) is 18.5. The minimum absolute atomic E-state index is 0.0636. The smallest absolute Gasteiger partial charge is 0.358 e. The molecule has 0 radical (unpaired) electrons. The highest BCUT2D eigenvalue weighted by molar-refractivity contribution is 7.85. The maximum absolute atomic E-state index is 13.1. The van der Waals surface area contributed by atoms with Gasteiger partial charge in [-0.1, -0.05) is 35.9 Å². The second kappa shape index (κ2) is 10.2. The van der Waals surface area contributed by atoms with Gasteiger partial charge in [-0.25, -0.2) is 0 Å². The molecule has 31 heavy (non-hydrogen) atoms. The minimum atomic E-state index is -1.19. The third-order valence-electron chi connectivity index (χ3n) is 5.14. The van der Waals surface area contributed by atoms with Gasteiger partial charge in [-0.2, -0.15) is 0 Å². The van der Waals surface area contributed by atoms with Crippen molar-refractivity contribution in [2.75, 3.05) is 19.0 Å². The molecular formula is C24H30O5S2. The molecule has 1 aliphatic heterocycles. The van der Waals surface area contributed by atoms with Crippen LogP contribution < -0.4 is 4.74 Å². The highest BCUT2D eigenvalue weighted by Gasteiger charge is 2.43. The van der Waals surface area contributed by atoms with Crippen LogP contribution >= 0.6 is 12.2 Å². The number of rotatable bonds is 7. The van der Waals surface area contributed by atoms with Gasteiger partial charge in [0.2, 0.25) is 0 Å². The van der Waals surface area contributed by atoms with Gasteiger partial charge < -0.3 is 18.9 Å². The first-order valence-corrected chi connectivity index (χ1v) is 12.1. The Balaban J connectivity index is 1.65. The molecule has 0 bridgehead atoms. The molecule has 2 atom stereocenters. The number of hydrogen-bond acceptors (Lipinski definition) is 6. The summed E-state index contributed by atoms with van der Waals surface area (Å²) in [5.74, 6) is 0.381. The number of thiocarbonyl (C=S) groups is 1. The van der Waals surface area contributed by atoms with Crippen molar-refractivity contribution in [2.45, 2.75) is 50.9 Å².